The fourth-order valence-corrected chi connectivity index (χ4v) is 4.68. The molecular formula is C24H29ClN6O2. The van der Waals surface area contributed by atoms with E-state index in [4.69, 9.17) is 21.6 Å². The molecule has 4 rings (SSSR count). The number of hydrogen-bond donors (Lipinski definition) is 1. The van der Waals surface area contributed by atoms with Crippen molar-refractivity contribution < 1.29 is 9.53 Å². The molecule has 1 amide bonds. The van der Waals surface area contributed by atoms with Crippen molar-refractivity contribution in [2.45, 2.75) is 45.6 Å². The molecule has 174 valence electrons. The molecule has 1 aromatic carbocycles. The summed E-state index contributed by atoms with van der Waals surface area (Å²) >= 11 is 6.28. The molecule has 8 nitrogen and oxygen atoms in total. The van der Waals surface area contributed by atoms with Gasteiger partial charge < -0.3 is 19.9 Å². The molecule has 1 spiro atoms. The zero-order chi connectivity index (χ0) is 23.6. The molecule has 2 aromatic rings. The third kappa shape index (κ3) is 5.48. The Bertz CT molecular complexity index is 1070. The molecule has 0 saturated carbocycles. The van der Waals surface area contributed by atoms with Crippen molar-refractivity contribution in [3.8, 4) is 6.07 Å². The zero-order valence-electron chi connectivity index (χ0n) is 19.3. The summed E-state index contributed by atoms with van der Waals surface area (Å²) in [4.78, 5) is 25.4. The normalized spacial score (nSPS) is 17.7. The third-order valence-electron chi connectivity index (χ3n) is 6.25. The second kappa shape index (κ2) is 9.06. The maximum atomic E-state index is 12.5. The van der Waals surface area contributed by atoms with Crippen molar-refractivity contribution in [3.63, 3.8) is 0 Å². The fourth-order valence-electron chi connectivity index (χ4n) is 4.45. The molecule has 0 atom stereocenters. The molecule has 0 aliphatic carbocycles. The maximum Gasteiger partial charge on any atom is 0.410 e. The molecule has 2 aliphatic rings. The van der Waals surface area contributed by atoms with Crippen LogP contribution in [0.4, 0.5) is 22.1 Å². The summed E-state index contributed by atoms with van der Waals surface area (Å²) in [5, 5.41) is 12.7. The van der Waals surface area contributed by atoms with E-state index >= 15 is 0 Å². The van der Waals surface area contributed by atoms with Crippen molar-refractivity contribution in [2.75, 3.05) is 36.4 Å². The molecular weight excluding hydrogens is 440 g/mol. The Morgan fingerprint density at radius 1 is 1.18 bits per heavy atom. The predicted octanol–water partition coefficient (Wildman–Crippen LogP) is 4.97. The molecule has 2 saturated heterocycles. The number of likely N-dealkylation sites (tertiary alicyclic amines) is 1. The first kappa shape index (κ1) is 23.1. The number of ether oxygens (including phenoxy) is 1. The zero-order valence-corrected chi connectivity index (χ0v) is 20.0. The predicted molar refractivity (Wildman–Crippen MR) is 128 cm³/mol. The number of rotatable bonds is 3. The SMILES string of the molecule is CC(C)(C)OC(=O)N1CCC2(CCN(c3cc(Nc4ccc(C#N)cc4Cl)ncn3)CC2)C1. The van der Waals surface area contributed by atoms with Gasteiger partial charge in [-0.2, -0.15) is 5.26 Å². The van der Waals surface area contributed by atoms with Crippen molar-refractivity contribution in [2.24, 2.45) is 5.41 Å². The molecule has 2 fully saturated rings. The van der Waals surface area contributed by atoms with E-state index in [1.165, 1.54) is 0 Å². The summed E-state index contributed by atoms with van der Waals surface area (Å²) in [7, 11) is 0. The van der Waals surface area contributed by atoms with Crippen LogP contribution < -0.4 is 10.2 Å². The number of carbonyl (C=O) groups excluding carboxylic acids is 1. The minimum atomic E-state index is -0.475. The molecule has 2 aliphatic heterocycles. The summed E-state index contributed by atoms with van der Waals surface area (Å²) in [6, 6.07) is 9.09. The lowest BCUT2D eigenvalue weighted by molar-refractivity contribution is 0.0266. The van der Waals surface area contributed by atoms with E-state index in [1.54, 1.807) is 24.5 Å². The Hall–Kier alpha value is -3.05. The van der Waals surface area contributed by atoms with Crippen LogP contribution >= 0.6 is 11.6 Å². The minimum absolute atomic E-state index is 0.150. The number of halogens is 1. The Balaban J connectivity index is 1.37. The van der Waals surface area contributed by atoms with Gasteiger partial charge in [0.25, 0.3) is 0 Å². The van der Waals surface area contributed by atoms with E-state index in [1.807, 2.05) is 31.7 Å². The molecule has 0 unspecified atom stereocenters. The monoisotopic (exact) mass is 468 g/mol. The van der Waals surface area contributed by atoms with Gasteiger partial charge in [-0.3, -0.25) is 0 Å². The van der Waals surface area contributed by atoms with E-state index in [-0.39, 0.29) is 11.5 Å². The number of nitriles is 1. The first-order valence-corrected chi connectivity index (χ1v) is 11.6. The highest BCUT2D eigenvalue weighted by Gasteiger charge is 2.43. The fraction of sp³-hybridized carbons (Fsp3) is 0.500. The van der Waals surface area contributed by atoms with Crippen LogP contribution in [0.2, 0.25) is 5.02 Å². The van der Waals surface area contributed by atoms with Crippen LogP contribution in [0.5, 0.6) is 0 Å². The number of carbonyl (C=O) groups is 1. The highest BCUT2D eigenvalue weighted by Crippen LogP contribution is 2.41. The standard InChI is InChI=1S/C24H29ClN6O2/c1-23(2,3)33-22(32)31-11-8-24(15-31)6-9-30(10-7-24)21-13-20(27-16-28-21)29-19-5-4-17(14-26)12-18(19)25/h4-5,12-13,16H,6-11,15H2,1-3H3,(H,27,28,29). The summed E-state index contributed by atoms with van der Waals surface area (Å²) in [5.74, 6) is 1.50. The van der Waals surface area contributed by atoms with Gasteiger partial charge in [0.1, 0.15) is 23.6 Å². The maximum absolute atomic E-state index is 12.5. The van der Waals surface area contributed by atoms with Crippen LogP contribution in [-0.4, -0.2) is 52.7 Å². The first-order valence-electron chi connectivity index (χ1n) is 11.2. The molecule has 1 aromatic heterocycles. The van der Waals surface area contributed by atoms with Gasteiger partial charge in [-0.25, -0.2) is 14.8 Å². The number of nitrogens with zero attached hydrogens (tertiary/aromatic N) is 5. The summed E-state index contributed by atoms with van der Waals surface area (Å²) in [6.45, 7) is 8.94. The summed E-state index contributed by atoms with van der Waals surface area (Å²) < 4.78 is 5.56. The van der Waals surface area contributed by atoms with Crippen LogP contribution in [0.3, 0.4) is 0 Å². The second-order valence-electron chi connectivity index (χ2n) is 9.83. The van der Waals surface area contributed by atoms with Crippen molar-refractivity contribution in [1.82, 2.24) is 14.9 Å². The lowest BCUT2D eigenvalue weighted by Gasteiger charge is -2.39. The average molecular weight is 469 g/mol. The van der Waals surface area contributed by atoms with Crippen LogP contribution in [0, 0.1) is 16.7 Å². The Kier molecular flexibility index (Phi) is 6.35. The number of piperidine rings is 1. The molecule has 1 N–H and O–H groups in total. The second-order valence-corrected chi connectivity index (χ2v) is 10.2. The smallest absolute Gasteiger partial charge is 0.410 e. The largest absolute Gasteiger partial charge is 0.444 e. The number of anilines is 3. The third-order valence-corrected chi connectivity index (χ3v) is 6.56. The van der Waals surface area contributed by atoms with Gasteiger partial charge in [0, 0.05) is 32.2 Å². The highest BCUT2D eigenvalue weighted by molar-refractivity contribution is 6.33. The van der Waals surface area contributed by atoms with Gasteiger partial charge in [-0.15, -0.1) is 0 Å². The van der Waals surface area contributed by atoms with E-state index in [9.17, 15) is 4.79 Å². The lowest BCUT2D eigenvalue weighted by Crippen LogP contribution is -2.43. The van der Waals surface area contributed by atoms with E-state index in [0.29, 0.717) is 22.1 Å². The molecule has 3 heterocycles. The van der Waals surface area contributed by atoms with Crippen molar-refractivity contribution in [3.05, 3.63) is 41.2 Å². The van der Waals surface area contributed by atoms with Crippen LogP contribution in [-0.2, 0) is 4.74 Å². The Morgan fingerprint density at radius 3 is 2.58 bits per heavy atom. The topological polar surface area (TPSA) is 94.4 Å². The Morgan fingerprint density at radius 2 is 1.91 bits per heavy atom. The summed E-state index contributed by atoms with van der Waals surface area (Å²) in [6.07, 6.45) is 4.34. The molecule has 0 bridgehead atoms. The average Bonchev–Trinajstić information content (AvgIpc) is 3.18. The quantitative estimate of drug-likeness (QED) is 0.679. The van der Waals surface area contributed by atoms with E-state index in [2.05, 4.69) is 26.3 Å². The van der Waals surface area contributed by atoms with Gasteiger partial charge in [0.2, 0.25) is 0 Å². The Labute approximate surface area is 199 Å². The van der Waals surface area contributed by atoms with Gasteiger partial charge in [-0.1, -0.05) is 11.6 Å². The summed E-state index contributed by atoms with van der Waals surface area (Å²) in [5.41, 5.74) is 0.869. The number of hydrogen-bond acceptors (Lipinski definition) is 7. The molecule has 0 radical (unpaired) electrons. The van der Waals surface area contributed by atoms with Crippen LogP contribution in [0.15, 0.2) is 30.6 Å². The van der Waals surface area contributed by atoms with Gasteiger partial charge in [0.05, 0.1) is 22.3 Å². The highest BCUT2D eigenvalue weighted by atomic mass is 35.5. The van der Waals surface area contributed by atoms with Crippen LogP contribution in [0.25, 0.3) is 0 Å². The lowest BCUT2D eigenvalue weighted by atomic mass is 9.78. The van der Waals surface area contributed by atoms with Gasteiger partial charge in [-0.05, 0) is 63.6 Å². The minimum Gasteiger partial charge on any atom is -0.444 e. The van der Waals surface area contributed by atoms with Gasteiger partial charge >= 0.3 is 6.09 Å². The number of amides is 1. The van der Waals surface area contributed by atoms with Crippen LogP contribution in [0.1, 0.15) is 45.6 Å². The molecule has 33 heavy (non-hydrogen) atoms. The van der Waals surface area contributed by atoms with Crippen molar-refractivity contribution in [1.29, 1.82) is 5.26 Å². The van der Waals surface area contributed by atoms with Gasteiger partial charge in [0.15, 0.2) is 0 Å². The van der Waals surface area contributed by atoms with Crippen molar-refractivity contribution >= 4 is 35.0 Å². The van der Waals surface area contributed by atoms with E-state index < -0.39 is 5.60 Å². The first-order chi connectivity index (χ1) is 15.7. The number of nitrogens with one attached hydrogen (secondary N) is 1. The number of aromatic nitrogens is 2. The number of benzene rings is 1. The molecule has 9 heteroatoms. The van der Waals surface area contributed by atoms with E-state index in [0.717, 1.165) is 51.3 Å².